The van der Waals surface area contributed by atoms with Crippen molar-refractivity contribution in [2.75, 3.05) is 0 Å². The Labute approximate surface area is 54.4 Å². The smallest absolute Gasteiger partial charge is 1.00 e. The normalized spacial score (nSPS) is 4.50. The molecule has 0 atom stereocenters. The largest absolute Gasteiger partial charge is 2.00 e. The Morgan fingerprint density at radius 1 is 1.17 bits per heavy atom. The molecule has 4 nitrogen and oxygen atoms in total. The minimum Gasteiger partial charge on any atom is -1.00 e. The van der Waals surface area contributed by atoms with E-state index in [0.29, 0.717) is 0 Å². The SMILES string of the molecule is O.OB(O)O.[H-].[H-].[Mg+2]. The first-order chi connectivity index (χ1) is 1.73. The Balaban J connectivity index is -0.00000000750. The second kappa shape index (κ2) is 9.18. The zero-order valence-corrected chi connectivity index (χ0v) is 4.54. The van der Waals surface area contributed by atoms with E-state index in [-0.39, 0.29) is 31.4 Å². The van der Waals surface area contributed by atoms with E-state index in [4.69, 9.17) is 15.1 Å². The molecule has 5 N–H and O–H groups in total. The zero-order chi connectivity index (χ0) is 3.58. The van der Waals surface area contributed by atoms with Crippen molar-refractivity contribution < 1.29 is 23.4 Å². The summed E-state index contributed by atoms with van der Waals surface area (Å²) in [5.41, 5.74) is 0. The summed E-state index contributed by atoms with van der Waals surface area (Å²) in [6, 6.07) is 0. The summed E-state index contributed by atoms with van der Waals surface area (Å²) >= 11 is 0. The average molecular weight is 106 g/mol. The third-order valence-electron chi connectivity index (χ3n) is 0. The Hall–Kier alpha value is 0.671. The first-order valence-electron chi connectivity index (χ1n) is 0.775. The van der Waals surface area contributed by atoms with Crippen LogP contribution in [0.5, 0.6) is 0 Å². The molecule has 0 bridgehead atoms. The van der Waals surface area contributed by atoms with Crippen molar-refractivity contribution in [3.05, 3.63) is 0 Å². The van der Waals surface area contributed by atoms with Crippen LogP contribution in [0.4, 0.5) is 0 Å². The molecule has 6 heteroatoms. The molecule has 0 aromatic heterocycles. The predicted octanol–water partition coefficient (Wildman–Crippen LogP) is -3.03. The molecule has 0 aromatic rings. The first-order valence-corrected chi connectivity index (χ1v) is 0.775. The van der Waals surface area contributed by atoms with E-state index in [0.717, 1.165) is 0 Å². The predicted molar refractivity (Wildman–Crippen MR) is 24.0 cm³/mol. The van der Waals surface area contributed by atoms with Crippen LogP contribution in [0.2, 0.25) is 0 Å². The quantitative estimate of drug-likeness (QED) is 0.287. The van der Waals surface area contributed by atoms with Gasteiger partial charge in [-0.25, -0.2) is 0 Å². The van der Waals surface area contributed by atoms with E-state index in [1.807, 2.05) is 0 Å². The van der Waals surface area contributed by atoms with Gasteiger partial charge in [-0.05, 0) is 0 Å². The Kier molecular flexibility index (Phi) is 24.4. The molecule has 0 amide bonds. The molecule has 0 aliphatic rings. The van der Waals surface area contributed by atoms with Gasteiger partial charge in [0.1, 0.15) is 0 Å². The van der Waals surface area contributed by atoms with Crippen LogP contribution in [0.3, 0.4) is 0 Å². The Morgan fingerprint density at radius 3 is 1.17 bits per heavy atom. The van der Waals surface area contributed by atoms with Gasteiger partial charge in [0.05, 0.1) is 0 Å². The number of hydrogen-bond donors (Lipinski definition) is 3. The summed E-state index contributed by atoms with van der Waals surface area (Å²) in [5.74, 6) is 0. The van der Waals surface area contributed by atoms with Crippen LogP contribution in [0, 0.1) is 0 Å². The van der Waals surface area contributed by atoms with Crippen molar-refractivity contribution in [1.29, 1.82) is 0 Å². The van der Waals surface area contributed by atoms with E-state index < -0.39 is 7.32 Å². The summed E-state index contributed by atoms with van der Waals surface area (Å²) in [6.45, 7) is 0. The van der Waals surface area contributed by atoms with Gasteiger partial charge in [0.25, 0.3) is 0 Å². The zero-order valence-electron chi connectivity index (χ0n) is 5.13. The van der Waals surface area contributed by atoms with Gasteiger partial charge in [0, 0.05) is 0 Å². The molecule has 0 heterocycles. The summed E-state index contributed by atoms with van der Waals surface area (Å²) in [6.07, 6.45) is 0. The molecule has 6 heavy (non-hydrogen) atoms. The van der Waals surface area contributed by atoms with Gasteiger partial charge in [0.15, 0.2) is 0 Å². The molecule has 0 radical (unpaired) electrons. The third-order valence-corrected chi connectivity index (χ3v) is 0. The molecule has 0 saturated heterocycles. The van der Waals surface area contributed by atoms with Crippen LogP contribution < -0.4 is 0 Å². The van der Waals surface area contributed by atoms with E-state index in [1.165, 1.54) is 0 Å². The van der Waals surface area contributed by atoms with Crippen molar-refractivity contribution in [3.8, 4) is 0 Å². The maximum absolute atomic E-state index is 7.17. The maximum Gasteiger partial charge on any atom is 2.00 e. The molecule has 0 aromatic carbocycles. The minimum absolute atomic E-state index is 0. The van der Waals surface area contributed by atoms with Crippen LogP contribution in [0.25, 0.3) is 0 Å². The number of rotatable bonds is 0. The van der Waals surface area contributed by atoms with E-state index >= 15 is 0 Å². The minimum atomic E-state index is -2.17. The molecule has 0 rings (SSSR count). The summed E-state index contributed by atoms with van der Waals surface area (Å²) in [7, 11) is -2.17. The topological polar surface area (TPSA) is 92.2 Å². The molecule has 0 aliphatic carbocycles. The van der Waals surface area contributed by atoms with Crippen LogP contribution in [-0.2, 0) is 0 Å². The van der Waals surface area contributed by atoms with Gasteiger partial charge in [-0.3, -0.25) is 0 Å². The molecule has 0 saturated carbocycles. The van der Waals surface area contributed by atoms with Crippen molar-refractivity contribution in [2.24, 2.45) is 0 Å². The van der Waals surface area contributed by atoms with Crippen LogP contribution in [0.1, 0.15) is 2.85 Å². The van der Waals surface area contributed by atoms with Crippen molar-refractivity contribution in [2.45, 2.75) is 0 Å². The van der Waals surface area contributed by atoms with Crippen molar-refractivity contribution in [1.82, 2.24) is 0 Å². The van der Waals surface area contributed by atoms with Crippen LogP contribution in [0.15, 0.2) is 0 Å². The molecule has 0 fully saturated rings. The summed E-state index contributed by atoms with van der Waals surface area (Å²) < 4.78 is 0. The number of hydrogen-bond acceptors (Lipinski definition) is 3. The Morgan fingerprint density at radius 2 is 1.17 bits per heavy atom. The fourth-order valence-corrected chi connectivity index (χ4v) is 0. The van der Waals surface area contributed by atoms with Crippen molar-refractivity contribution >= 4 is 30.4 Å². The maximum atomic E-state index is 7.17. The van der Waals surface area contributed by atoms with Gasteiger partial charge >= 0.3 is 30.4 Å². The molecule has 0 aliphatic heterocycles. The van der Waals surface area contributed by atoms with Crippen LogP contribution in [-0.4, -0.2) is 50.9 Å². The third kappa shape index (κ3) is 140. The summed E-state index contributed by atoms with van der Waals surface area (Å²) in [5, 5.41) is 21.5. The Bertz CT molecular complexity index is 18.8. The van der Waals surface area contributed by atoms with E-state index in [9.17, 15) is 0 Å². The average Bonchev–Trinajstić information content (AvgIpc) is 0.811. The van der Waals surface area contributed by atoms with Gasteiger partial charge in [-0.15, -0.1) is 0 Å². The van der Waals surface area contributed by atoms with Crippen molar-refractivity contribution in [3.63, 3.8) is 0 Å². The molecular formula is H7BMgO4. The van der Waals surface area contributed by atoms with Gasteiger partial charge in [0.2, 0.25) is 0 Å². The summed E-state index contributed by atoms with van der Waals surface area (Å²) in [4.78, 5) is 0. The van der Waals surface area contributed by atoms with E-state index in [2.05, 4.69) is 0 Å². The fourth-order valence-electron chi connectivity index (χ4n) is 0. The van der Waals surface area contributed by atoms with Gasteiger partial charge < -0.3 is 23.4 Å². The second-order valence-corrected chi connectivity index (χ2v) is 0.346. The standard InChI is InChI=1S/BH3O3.Mg.H2O.2H/c2-1(3)4;;;;/h2-4H;;1H2;;/q;+2;;2*-1. The van der Waals surface area contributed by atoms with Crippen LogP contribution >= 0.6 is 0 Å². The molecular weight excluding hydrogens is 99.1 g/mol. The molecule has 0 spiro atoms. The molecule has 36 valence electrons. The fraction of sp³-hybridized carbons (Fsp3) is 0. The van der Waals surface area contributed by atoms with E-state index in [1.54, 1.807) is 0 Å². The monoisotopic (exact) mass is 106 g/mol. The second-order valence-electron chi connectivity index (χ2n) is 0.346. The van der Waals surface area contributed by atoms with Gasteiger partial charge in [-0.2, -0.15) is 0 Å². The molecule has 0 unspecified atom stereocenters. The van der Waals surface area contributed by atoms with Gasteiger partial charge in [-0.1, -0.05) is 0 Å². The first kappa shape index (κ1) is 15.9.